The molecule has 1 aromatic heterocycles. The van der Waals surface area contributed by atoms with Gasteiger partial charge in [-0.1, -0.05) is 5.16 Å². The second-order valence-corrected chi connectivity index (χ2v) is 9.69. The van der Waals surface area contributed by atoms with Gasteiger partial charge in [-0.05, 0) is 18.8 Å². The summed E-state index contributed by atoms with van der Waals surface area (Å²) in [5, 5.41) is 19.6. The van der Waals surface area contributed by atoms with Crippen LogP contribution in [0, 0.1) is 5.92 Å². The molecule has 3 aliphatic rings. The number of alkyl carbamates (subject to hydrolysis) is 1. The van der Waals surface area contributed by atoms with Gasteiger partial charge in [-0.2, -0.15) is 0 Å². The molecule has 3 heterocycles. The Balaban J connectivity index is 1.47. The molecule has 2 fully saturated rings. The van der Waals surface area contributed by atoms with Gasteiger partial charge in [0.2, 0.25) is 0 Å². The van der Waals surface area contributed by atoms with Crippen molar-refractivity contribution in [1.82, 2.24) is 20.5 Å². The molecular weight excluding hydrogens is 488 g/mol. The van der Waals surface area contributed by atoms with Crippen LogP contribution in [0.4, 0.5) is 9.93 Å². The normalized spacial score (nSPS) is 22.0. The van der Waals surface area contributed by atoms with Crippen molar-refractivity contribution in [2.24, 2.45) is 11.1 Å². The van der Waals surface area contributed by atoms with E-state index in [1.165, 1.54) is 18.8 Å². The van der Waals surface area contributed by atoms with Crippen molar-refractivity contribution in [3.05, 3.63) is 22.3 Å². The molecule has 0 aromatic carbocycles. The van der Waals surface area contributed by atoms with Gasteiger partial charge in [-0.25, -0.2) is 14.6 Å². The number of ether oxygens (including phenoxy) is 1. The molecule has 4 rings (SSSR count). The molecule has 34 heavy (non-hydrogen) atoms. The SMILES string of the molecule is CNC(=O)OCC1=C(C(=O)O)N2C(=O)[C@@H](NC(=O)/C(=N\OCC3CC3)c3csc(N)n3)[C@H]2SC1. The zero-order chi connectivity index (χ0) is 24.4. The van der Waals surface area contributed by atoms with E-state index < -0.39 is 35.3 Å². The summed E-state index contributed by atoms with van der Waals surface area (Å²) < 4.78 is 4.95. The first kappa shape index (κ1) is 23.8. The highest BCUT2D eigenvalue weighted by Gasteiger charge is 2.54. The maximum atomic E-state index is 13.0. The van der Waals surface area contributed by atoms with Crippen molar-refractivity contribution in [3.8, 4) is 0 Å². The summed E-state index contributed by atoms with van der Waals surface area (Å²) in [5.74, 6) is -2.00. The van der Waals surface area contributed by atoms with Crippen LogP contribution < -0.4 is 16.4 Å². The predicted octanol–water partition coefficient (Wildman–Crippen LogP) is -0.0494. The van der Waals surface area contributed by atoms with Crippen LogP contribution in [0.1, 0.15) is 18.5 Å². The highest BCUT2D eigenvalue weighted by molar-refractivity contribution is 8.00. The number of nitrogens with two attached hydrogens (primary N) is 1. The molecule has 2 atom stereocenters. The monoisotopic (exact) mass is 510 g/mol. The Morgan fingerprint density at radius 1 is 1.38 bits per heavy atom. The number of carboxylic acids is 1. The molecule has 13 nitrogen and oxygen atoms in total. The number of nitrogens with zero attached hydrogens (tertiary/aromatic N) is 3. The number of carbonyl (C=O) groups is 4. The molecule has 15 heteroatoms. The first-order chi connectivity index (χ1) is 16.3. The lowest BCUT2D eigenvalue weighted by atomic mass is 10.0. The van der Waals surface area contributed by atoms with E-state index in [4.69, 9.17) is 15.3 Å². The summed E-state index contributed by atoms with van der Waals surface area (Å²) in [6.07, 6.45) is 1.37. The molecule has 0 unspecified atom stereocenters. The topological polar surface area (TPSA) is 186 Å². The van der Waals surface area contributed by atoms with Crippen molar-refractivity contribution < 1.29 is 33.9 Å². The van der Waals surface area contributed by atoms with Gasteiger partial charge in [0.15, 0.2) is 10.8 Å². The molecule has 1 aromatic rings. The number of nitrogens with one attached hydrogen (secondary N) is 2. The highest BCUT2D eigenvalue weighted by Crippen LogP contribution is 2.40. The van der Waals surface area contributed by atoms with Gasteiger partial charge in [-0.3, -0.25) is 14.5 Å². The fourth-order valence-corrected chi connectivity index (χ4v) is 5.20. The van der Waals surface area contributed by atoms with Gasteiger partial charge in [0, 0.05) is 23.8 Å². The maximum Gasteiger partial charge on any atom is 0.407 e. The number of nitrogen functional groups attached to an aromatic ring is 1. The van der Waals surface area contributed by atoms with Gasteiger partial charge in [-0.15, -0.1) is 23.1 Å². The lowest BCUT2D eigenvalue weighted by Crippen LogP contribution is -2.71. The summed E-state index contributed by atoms with van der Waals surface area (Å²) in [6.45, 7) is 0.0981. The molecule has 0 radical (unpaired) electrons. The minimum Gasteiger partial charge on any atom is -0.477 e. The number of amides is 3. The quantitative estimate of drug-likeness (QED) is 0.199. The Morgan fingerprint density at radius 3 is 2.76 bits per heavy atom. The standard InChI is InChI=1S/C19H22N6O7S2/c1-21-19(30)31-5-9-6-33-16-12(15(27)25(16)13(9)17(28)29)23-14(26)11(10-7-34-18(20)22-10)24-32-4-8-2-3-8/h7-8,12,16H,2-6H2,1H3,(H2,20,22)(H,21,30)(H,23,26)(H,28,29)/b24-11-/t12-,16-/m1/s1. The number of carboxylic acid groups (broad SMARTS) is 1. The minimum absolute atomic E-state index is 0.116. The number of rotatable bonds is 9. The number of anilines is 1. The van der Waals surface area contributed by atoms with E-state index in [9.17, 15) is 24.3 Å². The smallest absolute Gasteiger partial charge is 0.407 e. The van der Waals surface area contributed by atoms with E-state index in [1.807, 2.05) is 0 Å². The van der Waals surface area contributed by atoms with Crippen LogP contribution in [0.2, 0.25) is 0 Å². The fourth-order valence-electron chi connectivity index (χ4n) is 3.32. The molecule has 1 saturated carbocycles. The fraction of sp³-hybridized carbons (Fsp3) is 0.474. The summed E-state index contributed by atoms with van der Waals surface area (Å²) in [7, 11) is 1.38. The predicted molar refractivity (Wildman–Crippen MR) is 122 cm³/mol. The Labute approximate surface area is 201 Å². The molecule has 1 saturated heterocycles. The number of carbonyl (C=O) groups excluding carboxylic acids is 3. The lowest BCUT2D eigenvalue weighted by molar-refractivity contribution is -0.150. The van der Waals surface area contributed by atoms with E-state index in [2.05, 4.69) is 20.8 Å². The van der Waals surface area contributed by atoms with Gasteiger partial charge >= 0.3 is 12.1 Å². The van der Waals surface area contributed by atoms with Gasteiger partial charge in [0.05, 0.1) is 0 Å². The van der Waals surface area contributed by atoms with Crippen molar-refractivity contribution in [3.63, 3.8) is 0 Å². The van der Waals surface area contributed by atoms with Crippen molar-refractivity contribution in [2.75, 3.05) is 31.7 Å². The number of aromatic nitrogens is 1. The number of hydrogen-bond acceptors (Lipinski definition) is 11. The second kappa shape index (κ2) is 9.89. The number of aliphatic carboxylic acids is 1. The third-order valence-corrected chi connectivity index (χ3v) is 7.27. The molecule has 5 N–H and O–H groups in total. The van der Waals surface area contributed by atoms with Crippen LogP contribution in [-0.2, 0) is 24.0 Å². The Morgan fingerprint density at radius 2 is 2.15 bits per heavy atom. The summed E-state index contributed by atoms with van der Waals surface area (Å²) in [6, 6.07) is -0.974. The molecule has 2 aliphatic heterocycles. The average Bonchev–Trinajstić information content (AvgIpc) is 3.55. The van der Waals surface area contributed by atoms with Gasteiger partial charge in [0.1, 0.15) is 36.0 Å². The van der Waals surface area contributed by atoms with Crippen LogP contribution in [0.25, 0.3) is 0 Å². The molecular formula is C19H22N6O7S2. The maximum absolute atomic E-state index is 13.0. The third kappa shape index (κ3) is 4.94. The van der Waals surface area contributed by atoms with Crippen LogP contribution in [0.5, 0.6) is 0 Å². The van der Waals surface area contributed by atoms with Crippen molar-refractivity contribution in [2.45, 2.75) is 24.3 Å². The number of thioether (sulfide) groups is 1. The second-order valence-electron chi connectivity index (χ2n) is 7.69. The molecule has 0 bridgehead atoms. The van der Waals surface area contributed by atoms with Crippen molar-refractivity contribution >= 4 is 57.8 Å². The van der Waals surface area contributed by atoms with E-state index in [1.54, 1.807) is 5.38 Å². The van der Waals surface area contributed by atoms with Crippen molar-refractivity contribution in [1.29, 1.82) is 0 Å². The number of β-lactam (4-membered cyclic amide) rings is 1. The number of fused-ring (bicyclic) bond motifs is 1. The lowest BCUT2D eigenvalue weighted by Gasteiger charge is -2.49. The number of thiazole rings is 1. The molecule has 1 aliphatic carbocycles. The highest BCUT2D eigenvalue weighted by atomic mass is 32.2. The van der Waals surface area contributed by atoms with E-state index in [0.29, 0.717) is 12.5 Å². The number of hydrogen-bond donors (Lipinski definition) is 4. The summed E-state index contributed by atoms with van der Waals surface area (Å²) in [4.78, 5) is 59.5. The molecule has 3 amide bonds. The first-order valence-electron chi connectivity index (χ1n) is 10.3. The number of oxime groups is 1. The van der Waals surface area contributed by atoms with E-state index in [0.717, 1.165) is 29.1 Å². The Hall–Kier alpha value is -3.33. The zero-order valence-corrected chi connectivity index (χ0v) is 19.6. The van der Waals surface area contributed by atoms with Crippen LogP contribution >= 0.6 is 23.1 Å². The Bertz CT molecular complexity index is 1080. The van der Waals surface area contributed by atoms with Crippen LogP contribution in [-0.4, -0.2) is 82.0 Å². The van der Waals surface area contributed by atoms with Crippen LogP contribution in [0.3, 0.4) is 0 Å². The van der Waals surface area contributed by atoms with E-state index in [-0.39, 0.29) is 40.2 Å². The van der Waals surface area contributed by atoms with Gasteiger partial charge < -0.3 is 31.0 Å². The van der Waals surface area contributed by atoms with Crippen LogP contribution in [0.15, 0.2) is 21.8 Å². The first-order valence-corrected chi connectivity index (χ1v) is 12.2. The largest absolute Gasteiger partial charge is 0.477 e. The summed E-state index contributed by atoms with van der Waals surface area (Å²) >= 11 is 2.38. The molecule has 0 spiro atoms. The zero-order valence-electron chi connectivity index (χ0n) is 18.0. The average molecular weight is 511 g/mol. The summed E-state index contributed by atoms with van der Waals surface area (Å²) in [5.41, 5.74) is 5.81. The van der Waals surface area contributed by atoms with E-state index >= 15 is 0 Å². The Kier molecular flexibility index (Phi) is 6.92. The minimum atomic E-state index is -1.33. The third-order valence-electron chi connectivity index (χ3n) is 5.26. The molecule has 182 valence electrons. The van der Waals surface area contributed by atoms with Gasteiger partial charge in [0.25, 0.3) is 11.8 Å².